The molecule has 0 fully saturated rings. The van der Waals surface area contributed by atoms with Gasteiger partial charge in [-0.15, -0.1) is 0 Å². The third-order valence-electron chi connectivity index (χ3n) is 4.25. The van der Waals surface area contributed by atoms with Crippen molar-refractivity contribution in [2.45, 2.75) is 39.2 Å². The zero-order valence-electron chi connectivity index (χ0n) is 16.1. The van der Waals surface area contributed by atoms with E-state index in [1.807, 2.05) is 0 Å². The van der Waals surface area contributed by atoms with Crippen molar-refractivity contribution < 1.29 is 27.2 Å². The summed E-state index contributed by atoms with van der Waals surface area (Å²) in [5.74, 6) is 0.0951. The van der Waals surface area contributed by atoms with E-state index < -0.39 is 16.0 Å². The minimum atomic E-state index is -3.80. The van der Waals surface area contributed by atoms with Gasteiger partial charge in [-0.25, -0.2) is 13.2 Å². The van der Waals surface area contributed by atoms with Crippen LogP contribution < -0.4 is 4.74 Å². The molecule has 0 spiro atoms. The van der Waals surface area contributed by atoms with Crippen LogP contribution >= 0.6 is 0 Å². The van der Waals surface area contributed by atoms with Crippen LogP contribution in [0.4, 0.5) is 0 Å². The Morgan fingerprint density at radius 1 is 1.22 bits per heavy atom. The van der Waals surface area contributed by atoms with Gasteiger partial charge < -0.3 is 14.0 Å². The zero-order chi connectivity index (χ0) is 20.2. The van der Waals surface area contributed by atoms with Crippen LogP contribution in [0.15, 0.2) is 27.6 Å². The molecular weight excluding hydrogens is 372 g/mol. The van der Waals surface area contributed by atoms with Gasteiger partial charge in [-0.2, -0.15) is 4.31 Å². The summed E-state index contributed by atoms with van der Waals surface area (Å²) in [5, 5.41) is 3.81. The number of aryl methyl sites for hydroxylation is 2. The number of hydrogen-bond donors (Lipinski definition) is 0. The average Bonchev–Trinajstić information content (AvgIpc) is 2.97. The lowest BCUT2D eigenvalue weighted by molar-refractivity contribution is 0.0470. The van der Waals surface area contributed by atoms with Crippen molar-refractivity contribution in [2.24, 2.45) is 0 Å². The topological polar surface area (TPSA) is 98.9 Å². The number of carbonyl (C=O) groups is 1. The van der Waals surface area contributed by atoms with E-state index in [0.29, 0.717) is 30.1 Å². The van der Waals surface area contributed by atoms with Crippen molar-refractivity contribution in [3.8, 4) is 5.75 Å². The van der Waals surface area contributed by atoms with Crippen LogP contribution in [0.5, 0.6) is 5.75 Å². The quantitative estimate of drug-likeness (QED) is 0.633. The van der Waals surface area contributed by atoms with E-state index in [1.165, 1.54) is 29.6 Å². The number of aromatic nitrogens is 1. The number of benzene rings is 1. The minimum Gasteiger partial charge on any atom is -0.495 e. The van der Waals surface area contributed by atoms with Gasteiger partial charge >= 0.3 is 5.97 Å². The number of ether oxygens (including phenoxy) is 2. The Morgan fingerprint density at radius 3 is 2.41 bits per heavy atom. The first-order valence-electron chi connectivity index (χ1n) is 8.53. The van der Waals surface area contributed by atoms with Crippen LogP contribution in [0.25, 0.3) is 0 Å². The molecule has 9 heteroatoms. The summed E-state index contributed by atoms with van der Waals surface area (Å²) < 4.78 is 42.5. The van der Waals surface area contributed by atoms with E-state index in [9.17, 15) is 13.2 Å². The van der Waals surface area contributed by atoms with Gasteiger partial charge in [0.2, 0.25) is 10.0 Å². The normalized spacial score (nSPS) is 11.6. The fourth-order valence-electron chi connectivity index (χ4n) is 2.64. The Bertz CT molecular complexity index is 896. The lowest BCUT2D eigenvalue weighted by Crippen LogP contribution is -2.31. The highest BCUT2D eigenvalue weighted by Gasteiger charge is 2.27. The third kappa shape index (κ3) is 4.30. The fraction of sp³-hybridized carbons (Fsp3) is 0.444. The largest absolute Gasteiger partial charge is 0.495 e. The third-order valence-corrected chi connectivity index (χ3v) is 6.32. The van der Waals surface area contributed by atoms with Gasteiger partial charge in [0, 0.05) is 13.1 Å². The van der Waals surface area contributed by atoms with E-state index in [1.54, 1.807) is 27.7 Å². The molecule has 0 saturated carbocycles. The molecule has 2 aromatic rings. The molecule has 0 unspecified atom stereocenters. The molecule has 0 bridgehead atoms. The number of sulfonamides is 1. The molecule has 0 N–H and O–H groups in total. The van der Waals surface area contributed by atoms with Crippen molar-refractivity contribution in [3.05, 3.63) is 40.8 Å². The van der Waals surface area contributed by atoms with Gasteiger partial charge in [-0.1, -0.05) is 19.0 Å². The van der Waals surface area contributed by atoms with Gasteiger partial charge in [0.25, 0.3) is 0 Å². The highest BCUT2D eigenvalue weighted by Crippen LogP contribution is 2.28. The second kappa shape index (κ2) is 8.53. The highest BCUT2D eigenvalue weighted by atomic mass is 32.2. The molecule has 148 valence electrons. The van der Waals surface area contributed by atoms with Crippen molar-refractivity contribution in [3.63, 3.8) is 0 Å². The molecule has 0 saturated heterocycles. The molecule has 27 heavy (non-hydrogen) atoms. The van der Waals surface area contributed by atoms with E-state index >= 15 is 0 Å². The average molecular weight is 396 g/mol. The SMILES string of the molecule is CCN(CC)S(=O)(=O)c1cc(C(=O)OCc2c(C)noc2C)ccc1OC. The molecule has 0 amide bonds. The second-order valence-corrected chi connectivity index (χ2v) is 7.74. The summed E-state index contributed by atoms with van der Waals surface area (Å²) in [6, 6.07) is 4.20. The molecule has 0 atom stereocenters. The Balaban J connectivity index is 2.32. The van der Waals surface area contributed by atoms with E-state index in [4.69, 9.17) is 14.0 Å². The van der Waals surface area contributed by atoms with Crippen LogP contribution in [-0.4, -0.2) is 44.0 Å². The van der Waals surface area contributed by atoms with E-state index in [0.717, 1.165) is 0 Å². The molecule has 1 aromatic carbocycles. The molecule has 1 heterocycles. The van der Waals surface area contributed by atoms with Crippen LogP contribution in [0.3, 0.4) is 0 Å². The zero-order valence-corrected chi connectivity index (χ0v) is 16.9. The minimum absolute atomic E-state index is 0.00976. The first-order valence-corrected chi connectivity index (χ1v) is 9.97. The number of rotatable bonds is 8. The summed E-state index contributed by atoms with van der Waals surface area (Å²) in [7, 11) is -2.42. The van der Waals surface area contributed by atoms with Crippen LogP contribution in [0.1, 0.15) is 41.2 Å². The molecule has 8 nitrogen and oxygen atoms in total. The summed E-state index contributed by atoms with van der Waals surface area (Å²) in [6.45, 7) is 7.58. The summed E-state index contributed by atoms with van der Waals surface area (Å²) >= 11 is 0. The van der Waals surface area contributed by atoms with Crippen molar-refractivity contribution in [1.29, 1.82) is 0 Å². The summed E-state index contributed by atoms with van der Waals surface area (Å²) in [6.07, 6.45) is 0. The maximum atomic E-state index is 12.9. The number of methoxy groups -OCH3 is 1. The predicted molar refractivity (Wildman–Crippen MR) is 98.2 cm³/mol. The maximum Gasteiger partial charge on any atom is 0.338 e. The second-order valence-electron chi connectivity index (χ2n) is 5.83. The first kappa shape index (κ1) is 20.9. The monoisotopic (exact) mass is 396 g/mol. The van der Waals surface area contributed by atoms with E-state index in [-0.39, 0.29) is 22.8 Å². The standard InChI is InChI=1S/C18H24N2O6S/c1-6-20(7-2)27(22,23)17-10-14(8-9-16(17)24-5)18(21)25-11-15-12(3)19-26-13(15)4/h8-10H,6-7,11H2,1-5H3. The lowest BCUT2D eigenvalue weighted by atomic mass is 10.2. The van der Waals surface area contributed by atoms with Crippen molar-refractivity contribution in [1.82, 2.24) is 9.46 Å². The lowest BCUT2D eigenvalue weighted by Gasteiger charge is -2.20. The smallest absolute Gasteiger partial charge is 0.338 e. The molecule has 0 aliphatic heterocycles. The fourth-order valence-corrected chi connectivity index (χ4v) is 4.28. The van der Waals surface area contributed by atoms with Crippen molar-refractivity contribution >= 4 is 16.0 Å². The van der Waals surface area contributed by atoms with Gasteiger partial charge in [0.15, 0.2) is 0 Å². The predicted octanol–water partition coefficient (Wildman–Crippen LogP) is 2.69. The van der Waals surface area contributed by atoms with Crippen LogP contribution in [0.2, 0.25) is 0 Å². The number of esters is 1. The van der Waals surface area contributed by atoms with Crippen molar-refractivity contribution in [2.75, 3.05) is 20.2 Å². The van der Waals surface area contributed by atoms with Gasteiger partial charge in [0.1, 0.15) is 23.0 Å². The van der Waals surface area contributed by atoms with Gasteiger partial charge in [0.05, 0.1) is 23.9 Å². The van der Waals surface area contributed by atoms with Crippen LogP contribution in [0, 0.1) is 13.8 Å². The Labute approximate surface area is 159 Å². The number of carbonyl (C=O) groups excluding carboxylic acids is 1. The highest BCUT2D eigenvalue weighted by molar-refractivity contribution is 7.89. The Hall–Kier alpha value is -2.39. The summed E-state index contributed by atoms with van der Waals surface area (Å²) in [4.78, 5) is 12.4. The first-order chi connectivity index (χ1) is 12.8. The molecular formula is C18H24N2O6S. The Morgan fingerprint density at radius 2 is 1.89 bits per heavy atom. The molecule has 1 aromatic heterocycles. The number of hydrogen-bond acceptors (Lipinski definition) is 7. The van der Waals surface area contributed by atoms with Gasteiger partial charge in [-0.05, 0) is 32.0 Å². The number of nitrogens with zero attached hydrogens (tertiary/aromatic N) is 2. The Kier molecular flexibility index (Phi) is 6.61. The van der Waals surface area contributed by atoms with Crippen LogP contribution in [-0.2, 0) is 21.4 Å². The molecule has 0 radical (unpaired) electrons. The van der Waals surface area contributed by atoms with E-state index in [2.05, 4.69) is 5.16 Å². The summed E-state index contributed by atoms with van der Waals surface area (Å²) in [5.41, 5.74) is 1.45. The van der Waals surface area contributed by atoms with Gasteiger partial charge in [-0.3, -0.25) is 0 Å². The molecule has 0 aliphatic rings. The molecule has 2 rings (SSSR count). The maximum absolute atomic E-state index is 12.9. The molecule has 0 aliphatic carbocycles.